The summed E-state index contributed by atoms with van der Waals surface area (Å²) in [4.78, 5) is 13.8. The summed E-state index contributed by atoms with van der Waals surface area (Å²) in [6.07, 6.45) is 0. The van der Waals surface area contributed by atoms with E-state index in [1.165, 1.54) is 0 Å². The molecular weight excluding hydrogens is 299 g/mol. The molecule has 0 aliphatic heterocycles. The Morgan fingerprint density at radius 2 is 1.85 bits per heavy atom. The Labute approximate surface area is 131 Å². The van der Waals surface area contributed by atoms with Crippen molar-refractivity contribution in [1.82, 2.24) is 10.2 Å². The Bertz CT molecular complexity index is 381. The average Bonchev–Trinajstić information content (AvgIpc) is 2.43. The van der Waals surface area contributed by atoms with E-state index in [0.717, 1.165) is 19.6 Å². The number of nitrogens with one attached hydrogen (secondary N) is 1. The standard InChI is InChI=1S/C14H21ClN2O2.ClH/c1-3-17(4-2)10-9-16-14(18)11-19-13-7-5-12(15)6-8-13;/h5-8H,3-4,9-11H2,1-2H3,(H,16,18);1H. The monoisotopic (exact) mass is 320 g/mol. The maximum absolute atomic E-state index is 11.6. The molecule has 0 aliphatic carbocycles. The summed E-state index contributed by atoms with van der Waals surface area (Å²) < 4.78 is 5.35. The first-order chi connectivity index (χ1) is 9.15. The van der Waals surface area contributed by atoms with Crippen molar-refractivity contribution >= 4 is 29.9 Å². The normalized spacial score (nSPS) is 10.0. The molecule has 1 rings (SSSR count). The molecule has 1 N–H and O–H groups in total. The van der Waals surface area contributed by atoms with Crippen LogP contribution in [0.15, 0.2) is 24.3 Å². The summed E-state index contributed by atoms with van der Waals surface area (Å²) in [5, 5.41) is 3.48. The number of hydrogen-bond donors (Lipinski definition) is 1. The van der Waals surface area contributed by atoms with E-state index in [0.29, 0.717) is 17.3 Å². The Morgan fingerprint density at radius 3 is 2.40 bits per heavy atom. The highest BCUT2D eigenvalue weighted by Crippen LogP contribution is 2.15. The minimum atomic E-state index is -0.109. The third-order valence-corrected chi connectivity index (χ3v) is 3.08. The number of halogens is 2. The lowest BCUT2D eigenvalue weighted by atomic mass is 10.3. The Balaban J connectivity index is 0.00000361. The molecule has 0 radical (unpaired) electrons. The van der Waals surface area contributed by atoms with Crippen molar-refractivity contribution in [2.45, 2.75) is 13.8 Å². The molecule has 0 heterocycles. The summed E-state index contributed by atoms with van der Waals surface area (Å²) in [6.45, 7) is 7.73. The van der Waals surface area contributed by atoms with Crippen LogP contribution in [0.4, 0.5) is 0 Å². The van der Waals surface area contributed by atoms with Crippen LogP contribution in [0.1, 0.15) is 13.8 Å². The molecule has 0 atom stereocenters. The molecule has 0 aromatic heterocycles. The van der Waals surface area contributed by atoms with Crippen molar-refractivity contribution in [3.8, 4) is 5.75 Å². The zero-order valence-electron chi connectivity index (χ0n) is 11.9. The number of hydrogen-bond acceptors (Lipinski definition) is 3. The fourth-order valence-electron chi connectivity index (χ4n) is 1.62. The van der Waals surface area contributed by atoms with Crippen LogP contribution in [-0.4, -0.2) is 43.6 Å². The van der Waals surface area contributed by atoms with Gasteiger partial charge in [0.2, 0.25) is 0 Å². The summed E-state index contributed by atoms with van der Waals surface area (Å²) in [5.41, 5.74) is 0. The van der Waals surface area contributed by atoms with Crippen LogP contribution in [0.25, 0.3) is 0 Å². The number of amides is 1. The summed E-state index contributed by atoms with van der Waals surface area (Å²) in [6, 6.07) is 6.95. The van der Waals surface area contributed by atoms with E-state index in [2.05, 4.69) is 24.1 Å². The second kappa shape index (κ2) is 10.8. The molecule has 1 amide bonds. The molecule has 0 unspecified atom stereocenters. The topological polar surface area (TPSA) is 41.6 Å². The van der Waals surface area contributed by atoms with Gasteiger partial charge in [0, 0.05) is 18.1 Å². The van der Waals surface area contributed by atoms with Gasteiger partial charge in [-0.3, -0.25) is 4.79 Å². The van der Waals surface area contributed by atoms with Crippen LogP contribution in [0.3, 0.4) is 0 Å². The molecule has 1 aromatic carbocycles. The van der Waals surface area contributed by atoms with E-state index in [4.69, 9.17) is 16.3 Å². The van der Waals surface area contributed by atoms with Gasteiger partial charge < -0.3 is 15.0 Å². The molecule has 0 bridgehead atoms. The third-order valence-electron chi connectivity index (χ3n) is 2.83. The maximum Gasteiger partial charge on any atom is 0.257 e. The quantitative estimate of drug-likeness (QED) is 0.800. The summed E-state index contributed by atoms with van der Waals surface area (Å²) in [7, 11) is 0. The van der Waals surface area contributed by atoms with Crippen molar-refractivity contribution in [2.24, 2.45) is 0 Å². The van der Waals surface area contributed by atoms with Gasteiger partial charge in [-0.25, -0.2) is 0 Å². The van der Waals surface area contributed by atoms with Crippen LogP contribution in [0.2, 0.25) is 5.02 Å². The fourth-order valence-corrected chi connectivity index (χ4v) is 1.75. The molecule has 6 heteroatoms. The first kappa shape index (κ1) is 19.0. The highest BCUT2D eigenvalue weighted by atomic mass is 35.5. The number of carbonyl (C=O) groups is 1. The Hall–Kier alpha value is -0.970. The van der Waals surface area contributed by atoms with Gasteiger partial charge in [-0.15, -0.1) is 12.4 Å². The van der Waals surface area contributed by atoms with E-state index >= 15 is 0 Å². The van der Waals surface area contributed by atoms with Crippen LogP contribution < -0.4 is 10.1 Å². The molecule has 0 aliphatic rings. The SMILES string of the molecule is CCN(CC)CCNC(=O)COc1ccc(Cl)cc1.Cl. The molecular formula is C14H22Cl2N2O2. The van der Waals surface area contributed by atoms with Gasteiger partial charge in [0.25, 0.3) is 5.91 Å². The number of rotatable bonds is 8. The van der Waals surface area contributed by atoms with Gasteiger partial charge in [-0.1, -0.05) is 25.4 Å². The lowest BCUT2D eigenvalue weighted by molar-refractivity contribution is -0.123. The predicted octanol–water partition coefficient (Wildman–Crippen LogP) is 2.60. The lowest BCUT2D eigenvalue weighted by Crippen LogP contribution is -2.36. The maximum atomic E-state index is 11.6. The number of carbonyl (C=O) groups excluding carboxylic acids is 1. The van der Waals surface area contributed by atoms with E-state index in [-0.39, 0.29) is 24.9 Å². The van der Waals surface area contributed by atoms with Crippen LogP contribution in [0.5, 0.6) is 5.75 Å². The van der Waals surface area contributed by atoms with Crippen molar-refractivity contribution in [2.75, 3.05) is 32.8 Å². The van der Waals surface area contributed by atoms with Gasteiger partial charge >= 0.3 is 0 Å². The van der Waals surface area contributed by atoms with Crippen LogP contribution in [-0.2, 0) is 4.79 Å². The fraction of sp³-hybridized carbons (Fsp3) is 0.500. The molecule has 4 nitrogen and oxygen atoms in total. The first-order valence-electron chi connectivity index (χ1n) is 6.53. The molecule has 114 valence electrons. The van der Waals surface area contributed by atoms with Gasteiger partial charge in [0.05, 0.1) is 0 Å². The zero-order valence-corrected chi connectivity index (χ0v) is 13.5. The van der Waals surface area contributed by atoms with E-state index in [1.54, 1.807) is 24.3 Å². The number of benzene rings is 1. The van der Waals surface area contributed by atoms with Crippen LogP contribution in [0, 0.1) is 0 Å². The average molecular weight is 321 g/mol. The summed E-state index contributed by atoms with van der Waals surface area (Å²) >= 11 is 5.76. The highest BCUT2D eigenvalue weighted by Gasteiger charge is 2.04. The number of nitrogens with zero attached hydrogens (tertiary/aromatic N) is 1. The third kappa shape index (κ3) is 7.58. The molecule has 0 saturated carbocycles. The highest BCUT2D eigenvalue weighted by molar-refractivity contribution is 6.30. The molecule has 0 fully saturated rings. The summed E-state index contributed by atoms with van der Waals surface area (Å²) in [5.74, 6) is 0.533. The molecule has 0 saturated heterocycles. The molecule has 0 spiro atoms. The Morgan fingerprint density at radius 1 is 1.25 bits per heavy atom. The molecule has 20 heavy (non-hydrogen) atoms. The Kier molecular flexibility index (Phi) is 10.3. The van der Waals surface area contributed by atoms with E-state index in [9.17, 15) is 4.79 Å². The van der Waals surface area contributed by atoms with Crippen LogP contribution >= 0.6 is 24.0 Å². The largest absolute Gasteiger partial charge is 0.484 e. The van der Waals surface area contributed by atoms with Crippen molar-refractivity contribution < 1.29 is 9.53 Å². The minimum Gasteiger partial charge on any atom is -0.484 e. The second-order valence-electron chi connectivity index (χ2n) is 4.12. The predicted molar refractivity (Wildman–Crippen MR) is 85.0 cm³/mol. The van der Waals surface area contributed by atoms with Gasteiger partial charge in [-0.2, -0.15) is 0 Å². The smallest absolute Gasteiger partial charge is 0.257 e. The van der Waals surface area contributed by atoms with E-state index in [1.807, 2.05) is 0 Å². The van der Waals surface area contributed by atoms with Crippen molar-refractivity contribution in [3.63, 3.8) is 0 Å². The minimum absolute atomic E-state index is 0. The first-order valence-corrected chi connectivity index (χ1v) is 6.91. The molecule has 1 aromatic rings. The van der Waals surface area contributed by atoms with Crippen molar-refractivity contribution in [1.29, 1.82) is 0 Å². The lowest BCUT2D eigenvalue weighted by Gasteiger charge is -2.17. The van der Waals surface area contributed by atoms with Gasteiger partial charge in [0.15, 0.2) is 6.61 Å². The van der Waals surface area contributed by atoms with E-state index < -0.39 is 0 Å². The second-order valence-corrected chi connectivity index (χ2v) is 4.56. The zero-order chi connectivity index (χ0) is 14.1. The van der Waals surface area contributed by atoms with Gasteiger partial charge in [-0.05, 0) is 37.4 Å². The van der Waals surface area contributed by atoms with Gasteiger partial charge in [0.1, 0.15) is 5.75 Å². The number of ether oxygens (including phenoxy) is 1. The number of likely N-dealkylation sites (N-methyl/N-ethyl adjacent to an activating group) is 1. The van der Waals surface area contributed by atoms with Crippen molar-refractivity contribution in [3.05, 3.63) is 29.3 Å².